The third-order valence-corrected chi connectivity index (χ3v) is 6.27. The van der Waals surface area contributed by atoms with E-state index in [1.807, 2.05) is 13.8 Å². The van der Waals surface area contributed by atoms with Crippen LogP contribution in [-0.4, -0.2) is 41.4 Å². The molecule has 6 heteroatoms. The molecule has 0 N–H and O–H groups in total. The number of nitrogens with zero attached hydrogens (tertiary/aromatic N) is 1. The minimum atomic E-state index is -0.614. The zero-order valence-corrected chi connectivity index (χ0v) is 20.3. The Morgan fingerprint density at radius 1 is 1.18 bits per heavy atom. The van der Waals surface area contributed by atoms with Crippen LogP contribution in [0.2, 0.25) is 5.02 Å². The smallest absolute Gasteiger partial charge is 0.254 e. The van der Waals surface area contributed by atoms with Crippen LogP contribution in [0.3, 0.4) is 0 Å². The average Bonchev–Trinajstić information content (AvgIpc) is 3.56. The molecule has 0 bridgehead atoms. The van der Waals surface area contributed by atoms with Gasteiger partial charge in [-0.3, -0.25) is 9.59 Å². The number of amides is 1. The van der Waals surface area contributed by atoms with Crippen molar-refractivity contribution < 1.29 is 18.7 Å². The van der Waals surface area contributed by atoms with Crippen molar-refractivity contribution in [3.8, 4) is 11.1 Å². The SMILES string of the molecule is C=C(C)CN(CCC(CC)OC1(C(C)=O)CC1)C(=O)c1ccc(-c2ccc(Cl)cc2F)cc1. The van der Waals surface area contributed by atoms with E-state index in [-0.39, 0.29) is 17.8 Å². The summed E-state index contributed by atoms with van der Waals surface area (Å²) in [5, 5.41) is 0.337. The molecule has 1 atom stereocenters. The second-order valence-electron chi connectivity index (χ2n) is 8.87. The molecular weight excluding hydrogens is 441 g/mol. The molecule has 1 unspecified atom stereocenters. The Bertz CT molecular complexity index is 1030. The van der Waals surface area contributed by atoms with Crippen molar-refractivity contribution in [3.05, 3.63) is 71.0 Å². The predicted molar refractivity (Wildman–Crippen MR) is 130 cm³/mol. The van der Waals surface area contributed by atoms with Gasteiger partial charge in [-0.15, -0.1) is 0 Å². The van der Waals surface area contributed by atoms with Gasteiger partial charge >= 0.3 is 0 Å². The molecule has 0 aromatic heterocycles. The van der Waals surface area contributed by atoms with Crippen molar-refractivity contribution in [2.75, 3.05) is 13.1 Å². The Balaban J connectivity index is 1.70. The fraction of sp³-hybridized carbons (Fsp3) is 0.407. The van der Waals surface area contributed by atoms with Crippen LogP contribution in [-0.2, 0) is 9.53 Å². The largest absolute Gasteiger partial charge is 0.364 e. The van der Waals surface area contributed by atoms with Crippen LogP contribution < -0.4 is 0 Å². The topological polar surface area (TPSA) is 46.6 Å². The molecule has 1 aliphatic carbocycles. The van der Waals surface area contributed by atoms with E-state index in [0.29, 0.717) is 41.2 Å². The first-order valence-corrected chi connectivity index (χ1v) is 11.7. The summed E-state index contributed by atoms with van der Waals surface area (Å²) in [6.07, 6.45) is 2.86. The molecule has 2 aromatic rings. The number of carbonyl (C=O) groups excluding carboxylic acids is 2. The Hall–Kier alpha value is -2.50. The standard InChI is InChI=1S/C27H31ClFNO3/c1-5-23(33-27(13-14-27)19(4)31)12-15-30(17-18(2)3)26(32)21-8-6-20(7-9-21)24-11-10-22(28)16-25(24)29/h6-11,16,23H,2,5,12-15,17H2,1,3-4H3. The molecule has 1 amide bonds. The third kappa shape index (κ3) is 6.30. The summed E-state index contributed by atoms with van der Waals surface area (Å²) in [5.41, 5.74) is 1.88. The summed E-state index contributed by atoms with van der Waals surface area (Å²) in [6, 6.07) is 11.4. The van der Waals surface area contributed by atoms with E-state index < -0.39 is 11.4 Å². The quantitative estimate of drug-likeness (QED) is 0.353. The van der Waals surface area contributed by atoms with Crippen molar-refractivity contribution in [2.24, 2.45) is 0 Å². The lowest BCUT2D eigenvalue weighted by Gasteiger charge is -2.27. The average molecular weight is 472 g/mol. The van der Waals surface area contributed by atoms with Crippen LogP contribution in [0.25, 0.3) is 11.1 Å². The molecule has 0 radical (unpaired) electrons. The van der Waals surface area contributed by atoms with Gasteiger partial charge in [0.2, 0.25) is 0 Å². The maximum atomic E-state index is 14.2. The number of Topliss-reactive ketones (excluding diaryl/α,β-unsaturated/α-hetero) is 1. The maximum Gasteiger partial charge on any atom is 0.254 e. The molecule has 0 heterocycles. The first-order chi connectivity index (χ1) is 15.6. The lowest BCUT2D eigenvalue weighted by atomic mass is 10.0. The van der Waals surface area contributed by atoms with Crippen molar-refractivity contribution >= 4 is 23.3 Å². The zero-order chi connectivity index (χ0) is 24.2. The van der Waals surface area contributed by atoms with E-state index >= 15 is 0 Å². The van der Waals surface area contributed by atoms with Crippen LogP contribution in [0.15, 0.2) is 54.6 Å². The van der Waals surface area contributed by atoms with Gasteiger partial charge in [-0.1, -0.05) is 42.8 Å². The molecule has 1 saturated carbocycles. The molecule has 4 nitrogen and oxygen atoms in total. The van der Waals surface area contributed by atoms with Gasteiger partial charge in [0.25, 0.3) is 5.91 Å². The highest BCUT2D eigenvalue weighted by Crippen LogP contribution is 2.42. The van der Waals surface area contributed by atoms with E-state index in [2.05, 4.69) is 6.58 Å². The van der Waals surface area contributed by atoms with Gasteiger partial charge in [0.15, 0.2) is 5.78 Å². The number of benzene rings is 2. The first-order valence-electron chi connectivity index (χ1n) is 11.3. The lowest BCUT2D eigenvalue weighted by molar-refractivity contribution is -0.136. The monoisotopic (exact) mass is 471 g/mol. The number of hydrogen-bond donors (Lipinski definition) is 0. The van der Waals surface area contributed by atoms with Crippen LogP contribution in [0.1, 0.15) is 56.8 Å². The van der Waals surface area contributed by atoms with Crippen LogP contribution >= 0.6 is 11.6 Å². The Morgan fingerprint density at radius 2 is 1.85 bits per heavy atom. The Morgan fingerprint density at radius 3 is 2.36 bits per heavy atom. The van der Waals surface area contributed by atoms with Gasteiger partial charge in [-0.2, -0.15) is 0 Å². The summed E-state index contributed by atoms with van der Waals surface area (Å²) < 4.78 is 20.4. The van der Waals surface area contributed by atoms with E-state index in [1.165, 1.54) is 6.07 Å². The van der Waals surface area contributed by atoms with Crippen molar-refractivity contribution in [2.45, 2.75) is 58.2 Å². The number of ketones is 1. The molecule has 2 aromatic carbocycles. The number of hydrogen-bond acceptors (Lipinski definition) is 3. The van der Waals surface area contributed by atoms with Crippen molar-refractivity contribution in [1.29, 1.82) is 0 Å². The maximum absolute atomic E-state index is 14.2. The minimum Gasteiger partial charge on any atom is -0.364 e. The van der Waals surface area contributed by atoms with Crippen molar-refractivity contribution in [1.82, 2.24) is 4.90 Å². The number of rotatable bonds is 11. The molecule has 33 heavy (non-hydrogen) atoms. The van der Waals surface area contributed by atoms with Gasteiger partial charge in [0.05, 0.1) is 6.10 Å². The molecule has 3 rings (SSSR count). The second-order valence-corrected chi connectivity index (χ2v) is 9.31. The molecule has 0 aliphatic heterocycles. The highest BCUT2D eigenvalue weighted by Gasteiger charge is 2.50. The Labute approximate surface area is 200 Å². The number of carbonyl (C=O) groups is 2. The summed E-state index contributed by atoms with van der Waals surface area (Å²) in [4.78, 5) is 26.9. The number of halogens is 2. The second kappa shape index (κ2) is 10.6. The van der Waals surface area contributed by atoms with Crippen molar-refractivity contribution in [3.63, 3.8) is 0 Å². The summed E-state index contributed by atoms with van der Waals surface area (Å²) in [5.74, 6) is -0.452. The first kappa shape index (κ1) is 25.1. The number of ether oxygens (including phenoxy) is 1. The molecule has 176 valence electrons. The van der Waals surface area contributed by atoms with Crippen LogP contribution in [0, 0.1) is 5.82 Å². The molecule has 1 aliphatic rings. The molecular formula is C27H31ClFNO3. The van der Waals surface area contributed by atoms with Gasteiger partial charge in [-0.25, -0.2) is 4.39 Å². The summed E-state index contributed by atoms with van der Waals surface area (Å²) in [6.45, 7) is 10.4. The van der Waals surface area contributed by atoms with Crippen LogP contribution in [0.4, 0.5) is 4.39 Å². The summed E-state index contributed by atoms with van der Waals surface area (Å²) in [7, 11) is 0. The zero-order valence-electron chi connectivity index (χ0n) is 19.5. The highest BCUT2D eigenvalue weighted by molar-refractivity contribution is 6.30. The van der Waals surface area contributed by atoms with Gasteiger partial charge < -0.3 is 9.64 Å². The Kier molecular flexibility index (Phi) is 8.09. The highest BCUT2D eigenvalue weighted by atomic mass is 35.5. The normalized spacial score (nSPS) is 15.1. The van der Waals surface area contributed by atoms with E-state index in [4.69, 9.17) is 16.3 Å². The fourth-order valence-corrected chi connectivity index (χ4v) is 4.07. The van der Waals surface area contributed by atoms with E-state index in [9.17, 15) is 14.0 Å². The summed E-state index contributed by atoms with van der Waals surface area (Å²) >= 11 is 5.84. The minimum absolute atomic E-state index is 0.0769. The fourth-order valence-electron chi connectivity index (χ4n) is 3.91. The van der Waals surface area contributed by atoms with E-state index in [1.54, 1.807) is 48.2 Å². The van der Waals surface area contributed by atoms with Crippen LogP contribution in [0.5, 0.6) is 0 Å². The molecule has 0 spiro atoms. The van der Waals surface area contributed by atoms with E-state index in [0.717, 1.165) is 24.8 Å². The lowest BCUT2D eigenvalue weighted by Crippen LogP contribution is -2.37. The third-order valence-electron chi connectivity index (χ3n) is 6.04. The molecule has 0 saturated heterocycles. The van der Waals surface area contributed by atoms with Gasteiger partial charge in [0.1, 0.15) is 11.4 Å². The van der Waals surface area contributed by atoms with Gasteiger partial charge in [0, 0.05) is 29.2 Å². The van der Waals surface area contributed by atoms with Gasteiger partial charge in [-0.05, 0) is 75.4 Å². The predicted octanol–water partition coefficient (Wildman–Crippen LogP) is 6.47. The molecule has 1 fully saturated rings.